The number of hydrogen-bond acceptors (Lipinski definition) is 3. The molecule has 2 atom stereocenters. The summed E-state index contributed by atoms with van der Waals surface area (Å²) in [5, 5.41) is 0.982. The van der Waals surface area contributed by atoms with Crippen molar-refractivity contribution < 1.29 is 14.3 Å². The molecule has 0 N–H and O–H groups in total. The number of nitrogens with zero attached hydrogens (tertiary/aromatic N) is 1. The van der Waals surface area contributed by atoms with E-state index in [-0.39, 0.29) is 11.5 Å². The second-order valence-corrected chi connectivity index (χ2v) is 10.1. The molecule has 0 saturated heterocycles. The standard InChI is InChI=1S/C24H25Cl2NO3/c1-22(2,3)30-21(28)27-19-9-7-6-8-17(19)23(4)13-15(24(23,27)5)14-29-20-11-10-16(25)12-18(20)26/h6-12,14H,13H2,1-5H3/b15-14-/t23-,24-/m1/s1. The minimum Gasteiger partial charge on any atom is -0.463 e. The maximum absolute atomic E-state index is 13.3. The van der Waals surface area contributed by atoms with Crippen LogP contribution in [0.2, 0.25) is 10.0 Å². The summed E-state index contributed by atoms with van der Waals surface area (Å²) in [5.41, 5.74) is 1.59. The monoisotopic (exact) mass is 445 g/mol. The summed E-state index contributed by atoms with van der Waals surface area (Å²) in [6, 6.07) is 13.1. The van der Waals surface area contributed by atoms with E-state index in [1.165, 1.54) is 0 Å². The molecule has 4 nitrogen and oxygen atoms in total. The van der Waals surface area contributed by atoms with Crippen molar-refractivity contribution in [3.8, 4) is 5.75 Å². The fraction of sp³-hybridized carbons (Fsp3) is 0.375. The van der Waals surface area contributed by atoms with E-state index in [4.69, 9.17) is 32.7 Å². The second kappa shape index (κ2) is 6.93. The first kappa shape index (κ1) is 21.1. The molecule has 1 aliphatic carbocycles. The smallest absolute Gasteiger partial charge is 0.415 e. The Labute approximate surface area is 187 Å². The van der Waals surface area contributed by atoms with Gasteiger partial charge in [-0.25, -0.2) is 4.79 Å². The van der Waals surface area contributed by atoms with Gasteiger partial charge in [0.25, 0.3) is 0 Å². The summed E-state index contributed by atoms with van der Waals surface area (Å²) in [5.74, 6) is 0.519. The highest BCUT2D eigenvalue weighted by molar-refractivity contribution is 6.35. The van der Waals surface area contributed by atoms with Crippen molar-refractivity contribution >= 4 is 35.0 Å². The summed E-state index contributed by atoms with van der Waals surface area (Å²) < 4.78 is 11.7. The quantitative estimate of drug-likeness (QED) is 0.461. The molecule has 0 unspecified atom stereocenters. The number of benzene rings is 2. The first-order valence-electron chi connectivity index (χ1n) is 9.91. The molecule has 1 fully saturated rings. The third kappa shape index (κ3) is 3.09. The first-order chi connectivity index (χ1) is 14.0. The Morgan fingerprint density at radius 1 is 1.13 bits per heavy atom. The van der Waals surface area contributed by atoms with E-state index in [0.717, 1.165) is 23.2 Å². The van der Waals surface area contributed by atoms with Crippen LogP contribution in [0.15, 0.2) is 54.3 Å². The zero-order valence-electron chi connectivity index (χ0n) is 17.8. The Hall–Kier alpha value is -2.17. The summed E-state index contributed by atoms with van der Waals surface area (Å²) in [6.45, 7) is 9.87. The van der Waals surface area contributed by atoms with Crippen LogP contribution < -0.4 is 9.64 Å². The molecule has 158 valence electrons. The molecular weight excluding hydrogens is 421 g/mol. The minimum absolute atomic E-state index is 0.237. The van der Waals surface area contributed by atoms with Crippen LogP contribution in [-0.4, -0.2) is 17.2 Å². The molecule has 0 spiro atoms. The number of halogens is 2. The molecular formula is C24H25Cl2NO3. The SMILES string of the molecule is CC(C)(C)OC(=O)N1c2ccccc2[C@@]2(C)C/C(=C/Oc3ccc(Cl)cc3Cl)[C@@]12C. The van der Waals surface area contributed by atoms with E-state index in [9.17, 15) is 4.79 Å². The molecule has 0 bridgehead atoms. The molecule has 0 radical (unpaired) electrons. The third-order valence-electron chi connectivity index (χ3n) is 6.23. The van der Waals surface area contributed by atoms with Crippen molar-refractivity contribution in [2.45, 2.75) is 57.6 Å². The van der Waals surface area contributed by atoms with Gasteiger partial charge in [-0.1, -0.05) is 48.3 Å². The Morgan fingerprint density at radius 2 is 1.83 bits per heavy atom. The number of hydrogen-bond donors (Lipinski definition) is 0. The van der Waals surface area contributed by atoms with Crippen molar-refractivity contribution in [2.75, 3.05) is 4.90 Å². The van der Waals surface area contributed by atoms with Crippen molar-refractivity contribution in [2.24, 2.45) is 0 Å². The van der Waals surface area contributed by atoms with Crippen LogP contribution in [0.1, 0.15) is 46.6 Å². The van der Waals surface area contributed by atoms with Gasteiger partial charge in [0, 0.05) is 10.4 Å². The number of amides is 1. The molecule has 6 heteroatoms. The van der Waals surface area contributed by atoms with Gasteiger partial charge in [0.1, 0.15) is 11.4 Å². The molecule has 4 rings (SSSR count). The number of carbonyl (C=O) groups is 1. The zero-order valence-corrected chi connectivity index (χ0v) is 19.3. The molecule has 30 heavy (non-hydrogen) atoms. The number of ether oxygens (including phenoxy) is 2. The van der Waals surface area contributed by atoms with Gasteiger partial charge >= 0.3 is 6.09 Å². The van der Waals surface area contributed by atoms with E-state index >= 15 is 0 Å². The maximum atomic E-state index is 13.3. The van der Waals surface area contributed by atoms with Crippen LogP contribution in [-0.2, 0) is 10.2 Å². The molecule has 2 aromatic rings. The molecule has 1 amide bonds. The lowest BCUT2D eigenvalue weighted by molar-refractivity contribution is 0.0503. The van der Waals surface area contributed by atoms with Crippen LogP contribution in [0, 0.1) is 0 Å². The van der Waals surface area contributed by atoms with Gasteiger partial charge in [0.2, 0.25) is 0 Å². The lowest BCUT2D eigenvalue weighted by Crippen LogP contribution is -2.66. The highest BCUT2D eigenvalue weighted by Crippen LogP contribution is 2.65. The molecule has 1 aliphatic heterocycles. The number of rotatable bonds is 2. The second-order valence-electron chi connectivity index (χ2n) is 9.25. The van der Waals surface area contributed by atoms with E-state index in [1.54, 1.807) is 29.4 Å². The van der Waals surface area contributed by atoms with Crippen molar-refractivity contribution in [1.29, 1.82) is 0 Å². The normalized spacial score (nSPS) is 26.1. The van der Waals surface area contributed by atoms with Crippen LogP contribution in [0.25, 0.3) is 0 Å². The van der Waals surface area contributed by atoms with Gasteiger partial charge in [-0.3, -0.25) is 4.90 Å². The third-order valence-corrected chi connectivity index (χ3v) is 6.76. The Balaban J connectivity index is 1.73. The number of para-hydroxylation sites is 1. The highest BCUT2D eigenvalue weighted by Gasteiger charge is 2.68. The molecule has 0 aromatic heterocycles. The van der Waals surface area contributed by atoms with Crippen LogP contribution in [0.4, 0.5) is 10.5 Å². The summed E-state index contributed by atoms with van der Waals surface area (Å²) in [7, 11) is 0. The van der Waals surface area contributed by atoms with Crippen molar-refractivity contribution in [3.05, 3.63) is 69.9 Å². The summed E-state index contributed by atoms with van der Waals surface area (Å²) >= 11 is 12.2. The molecule has 2 aliphatic rings. The van der Waals surface area contributed by atoms with Gasteiger partial charge in [0.05, 0.1) is 22.5 Å². The Bertz CT molecular complexity index is 1060. The van der Waals surface area contributed by atoms with Crippen molar-refractivity contribution in [1.82, 2.24) is 0 Å². The van der Waals surface area contributed by atoms with Crippen LogP contribution >= 0.6 is 23.2 Å². The number of anilines is 1. The minimum atomic E-state index is -0.599. The van der Waals surface area contributed by atoms with Gasteiger partial charge in [-0.05, 0) is 69.5 Å². The summed E-state index contributed by atoms with van der Waals surface area (Å²) in [4.78, 5) is 15.0. The average molecular weight is 446 g/mol. The molecule has 2 aromatic carbocycles. The Morgan fingerprint density at radius 3 is 2.50 bits per heavy atom. The van der Waals surface area contributed by atoms with E-state index < -0.39 is 11.1 Å². The van der Waals surface area contributed by atoms with E-state index in [0.29, 0.717) is 15.8 Å². The molecule has 1 heterocycles. The van der Waals surface area contributed by atoms with Gasteiger partial charge in [-0.15, -0.1) is 0 Å². The molecule has 1 saturated carbocycles. The predicted molar refractivity (Wildman–Crippen MR) is 121 cm³/mol. The average Bonchev–Trinajstić information content (AvgIpc) is 2.79. The first-order valence-corrected chi connectivity index (χ1v) is 10.7. The predicted octanol–water partition coefficient (Wildman–Crippen LogP) is 7.13. The van der Waals surface area contributed by atoms with Crippen LogP contribution in [0.3, 0.4) is 0 Å². The van der Waals surface area contributed by atoms with Crippen molar-refractivity contribution in [3.63, 3.8) is 0 Å². The van der Waals surface area contributed by atoms with Crippen LogP contribution in [0.5, 0.6) is 5.75 Å². The number of carbonyl (C=O) groups excluding carboxylic acids is 1. The lowest BCUT2D eigenvalue weighted by Gasteiger charge is -2.56. The van der Waals surface area contributed by atoms with Gasteiger partial charge in [0.15, 0.2) is 0 Å². The highest BCUT2D eigenvalue weighted by atomic mass is 35.5. The lowest BCUT2D eigenvalue weighted by atomic mass is 9.52. The zero-order chi connectivity index (χ0) is 21.9. The van der Waals surface area contributed by atoms with E-state index in [2.05, 4.69) is 19.9 Å². The van der Waals surface area contributed by atoms with Gasteiger partial charge < -0.3 is 9.47 Å². The fourth-order valence-corrected chi connectivity index (χ4v) is 5.00. The fourth-order valence-electron chi connectivity index (χ4n) is 4.55. The largest absolute Gasteiger partial charge is 0.463 e. The van der Waals surface area contributed by atoms with Gasteiger partial charge in [-0.2, -0.15) is 0 Å². The maximum Gasteiger partial charge on any atom is 0.415 e. The van der Waals surface area contributed by atoms with E-state index in [1.807, 2.05) is 39.0 Å². The summed E-state index contributed by atoms with van der Waals surface area (Å²) in [6.07, 6.45) is 2.11. The number of fused-ring (bicyclic) bond motifs is 3. The topological polar surface area (TPSA) is 38.8 Å². The Kier molecular flexibility index (Phi) is 4.87.